The molecule has 2 aromatic rings. The molecule has 0 unspecified atom stereocenters. The van der Waals surface area contributed by atoms with Crippen LogP contribution in [0.5, 0.6) is 0 Å². The van der Waals surface area contributed by atoms with Crippen LogP contribution >= 0.6 is 0 Å². The summed E-state index contributed by atoms with van der Waals surface area (Å²) >= 11 is 0. The summed E-state index contributed by atoms with van der Waals surface area (Å²) in [5.74, 6) is -1.19. The van der Waals surface area contributed by atoms with Gasteiger partial charge in [-0.15, -0.1) is 0 Å². The van der Waals surface area contributed by atoms with Crippen molar-refractivity contribution in [2.24, 2.45) is 5.41 Å². The number of anilines is 2. The third-order valence-corrected chi connectivity index (χ3v) is 10.1. The van der Waals surface area contributed by atoms with Crippen LogP contribution in [0.1, 0.15) is 19.4 Å². The zero-order valence-electron chi connectivity index (χ0n) is 18.7. The van der Waals surface area contributed by atoms with Gasteiger partial charge >= 0.3 is 0 Å². The molecule has 8 nitrogen and oxygen atoms in total. The molecule has 2 saturated heterocycles. The molecule has 0 N–H and O–H groups in total. The highest BCUT2D eigenvalue weighted by molar-refractivity contribution is 7.94. The van der Waals surface area contributed by atoms with Crippen LogP contribution in [0.15, 0.2) is 47.4 Å². The standard InChI is InChI=1S/C22H26FN3O5S2/c1-16-14-17(26-21(27)22(2,3)15-32(26,28)29)8-9-20(16)33(30,31)25-12-10-24(11-13-25)19-7-5-4-6-18(19)23/h4-9,14H,10-13,15H2,1-3H3. The van der Waals surface area contributed by atoms with Gasteiger partial charge < -0.3 is 4.90 Å². The van der Waals surface area contributed by atoms with Crippen molar-refractivity contribution in [1.29, 1.82) is 0 Å². The van der Waals surface area contributed by atoms with Crippen LogP contribution in [0.4, 0.5) is 15.8 Å². The zero-order valence-corrected chi connectivity index (χ0v) is 20.3. The topological polar surface area (TPSA) is 95.1 Å². The summed E-state index contributed by atoms with van der Waals surface area (Å²) < 4.78 is 67.8. The lowest BCUT2D eigenvalue weighted by molar-refractivity contribution is -0.123. The van der Waals surface area contributed by atoms with Crippen molar-refractivity contribution in [3.05, 3.63) is 53.8 Å². The predicted molar refractivity (Wildman–Crippen MR) is 124 cm³/mol. The van der Waals surface area contributed by atoms with E-state index in [1.807, 2.05) is 4.90 Å². The number of rotatable bonds is 4. The Bertz CT molecular complexity index is 1320. The van der Waals surface area contributed by atoms with Crippen LogP contribution in [0, 0.1) is 18.2 Å². The maximum absolute atomic E-state index is 14.1. The summed E-state index contributed by atoms with van der Waals surface area (Å²) in [6, 6.07) is 10.5. The average molecular weight is 496 g/mol. The first-order valence-corrected chi connectivity index (χ1v) is 13.6. The van der Waals surface area contributed by atoms with E-state index in [0.29, 0.717) is 24.3 Å². The Morgan fingerprint density at radius 3 is 2.18 bits per heavy atom. The van der Waals surface area contributed by atoms with Crippen LogP contribution < -0.4 is 9.21 Å². The minimum atomic E-state index is -3.85. The van der Waals surface area contributed by atoms with E-state index in [-0.39, 0.29) is 35.2 Å². The smallest absolute Gasteiger partial charge is 0.247 e. The number of piperazine rings is 1. The molecule has 1 amide bonds. The van der Waals surface area contributed by atoms with E-state index in [0.717, 1.165) is 4.31 Å². The molecule has 33 heavy (non-hydrogen) atoms. The van der Waals surface area contributed by atoms with Gasteiger partial charge in [0.15, 0.2) is 0 Å². The van der Waals surface area contributed by atoms with Gasteiger partial charge in [0.25, 0.3) is 0 Å². The number of carbonyl (C=O) groups is 1. The summed E-state index contributed by atoms with van der Waals surface area (Å²) in [6.07, 6.45) is 0. The lowest BCUT2D eigenvalue weighted by Gasteiger charge is -2.35. The number of amides is 1. The minimum absolute atomic E-state index is 0.0499. The maximum atomic E-state index is 14.1. The maximum Gasteiger partial charge on any atom is 0.247 e. The number of hydrogen-bond donors (Lipinski definition) is 0. The number of sulfonamides is 2. The van der Waals surface area contributed by atoms with Crippen LogP contribution in [0.3, 0.4) is 0 Å². The summed E-state index contributed by atoms with van der Waals surface area (Å²) in [6.45, 7) is 5.76. The molecule has 4 rings (SSSR count). The van der Waals surface area contributed by atoms with Crippen molar-refractivity contribution >= 4 is 37.3 Å². The first-order valence-electron chi connectivity index (χ1n) is 10.5. The van der Waals surface area contributed by atoms with Crippen molar-refractivity contribution in [2.75, 3.05) is 41.1 Å². The van der Waals surface area contributed by atoms with Gasteiger partial charge in [0.1, 0.15) is 5.82 Å². The second kappa shape index (κ2) is 8.07. The molecule has 0 bridgehead atoms. The van der Waals surface area contributed by atoms with Crippen LogP contribution in [-0.4, -0.2) is 59.0 Å². The van der Waals surface area contributed by atoms with E-state index in [2.05, 4.69) is 0 Å². The summed E-state index contributed by atoms with van der Waals surface area (Å²) in [4.78, 5) is 14.5. The van der Waals surface area contributed by atoms with Crippen molar-refractivity contribution < 1.29 is 26.0 Å². The largest absolute Gasteiger partial charge is 0.367 e. The molecule has 0 radical (unpaired) electrons. The van der Waals surface area contributed by atoms with Gasteiger partial charge in [-0.2, -0.15) is 4.31 Å². The molecule has 11 heteroatoms. The molecule has 2 aromatic carbocycles. The van der Waals surface area contributed by atoms with Gasteiger partial charge in [-0.25, -0.2) is 25.5 Å². The average Bonchev–Trinajstić information content (AvgIpc) is 2.90. The molecule has 0 aliphatic carbocycles. The van der Waals surface area contributed by atoms with Gasteiger partial charge in [-0.3, -0.25) is 4.79 Å². The van der Waals surface area contributed by atoms with Crippen molar-refractivity contribution in [2.45, 2.75) is 25.7 Å². The molecule has 2 fully saturated rings. The Kier molecular flexibility index (Phi) is 5.78. The van der Waals surface area contributed by atoms with Gasteiger partial charge in [0.2, 0.25) is 26.0 Å². The minimum Gasteiger partial charge on any atom is -0.367 e. The van der Waals surface area contributed by atoms with E-state index in [1.54, 1.807) is 39.0 Å². The highest BCUT2D eigenvalue weighted by Gasteiger charge is 2.50. The van der Waals surface area contributed by atoms with E-state index in [1.165, 1.54) is 28.6 Å². The molecule has 0 spiro atoms. The van der Waals surface area contributed by atoms with Crippen molar-refractivity contribution in [1.82, 2.24) is 4.31 Å². The fourth-order valence-corrected chi connectivity index (χ4v) is 8.05. The number of halogens is 1. The van der Waals surface area contributed by atoms with Crippen molar-refractivity contribution in [3.8, 4) is 0 Å². The quantitative estimate of drug-likeness (QED) is 0.646. The molecule has 0 atom stereocenters. The van der Waals surface area contributed by atoms with Crippen molar-refractivity contribution in [3.63, 3.8) is 0 Å². The molecular weight excluding hydrogens is 469 g/mol. The first-order chi connectivity index (χ1) is 15.3. The van der Waals surface area contributed by atoms with Crippen LogP contribution in [0.25, 0.3) is 0 Å². The molecule has 2 heterocycles. The SMILES string of the molecule is Cc1cc(N2C(=O)C(C)(C)CS2(=O)=O)ccc1S(=O)(=O)N1CCN(c2ccccc2F)CC1. The highest BCUT2D eigenvalue weighted by atomic mass is 32.2. The Morgan fingerprint density at radius 1 is 1.00 bits per heavy atom. The van der Waals surface area contributed by atoms with Gasteiger partial charge in [0, 0.05) is 26.2 Å². The molecular formula is C22H26FN3O5S2. The monoisotopic (exact) mass is 495 g/mol. The molecule has 2 aliphatic heterocycles. The van der Waals surface area contributed by atoms with Gasteiger partial charge in [0.05, 0.1) is 27.4 Å². The number of aryl methyl sites for hydroxylation is 1. The molecule has 178 valence electrons. The first kappa shape index (κ1) is 23.7. The Morgan fingerprint density at radius 2 is 1.64 bits per heavy atom. The third-order valence-electron chi connectivity index (χ3n) is 6.03. The predicted octanol–water partition coefficient (Wildman–Crippen LogP) is 2.35. The number of benzene rings is 2. The lowest BCUT2D eigenvalue weighted by Crippen LogP contribution is -2.49. The number of hydrogen-bond acceptors (Lipinski definition) is 6. The van der Waals surface area contributed by atoms with Crippen LogP contribution in [0.2, 0.25) is 0 Å². The second-order valence-corrected chi connectivity index (χ2v) is 12.7. The number of nitrogens with zero attached hydrogens (tertiary/aromatic N) is 3. The molecule has 2 aliphatic rings. The zero-order chi connectivity index (χ0) is 24.2. The summed E-state index contributed by atoms with van der Waals surface area (Å²) in [7, 11) is -7.68. The molecule has 0 aromatic heterocycles. The fourth-order valence-electron chi connectivity index (χ4n) is 4.33. The summed E-state index contributed by atoms with van der Waals surface area (Å²) in [5.41, 5.74) is -0.132. The lowest BCUT2D eigenvalue weighted by atomic mass is 9.95. The number of carbonyl (C=O) groups excluding carboxylic acids is 1. The van der Waals surface area contributed by atoms with Gasteiger partial charge in [-0.05, 0) is 56.7 Å². The Labute approximate surface area is 193 Å². The summed E-state index contributed by atoms with van der Waals surface area (Å²) in [5, 5.41) is 0. The van der Waals surface area contributed by atoms with E-state index in [9.17, 15) is 26.0 Å². The van der Waals surface area contributed by atoms with E-state index < -0.39 is 31.4 Å². The Hall–Kier alpha value is -2.50. The third kappa shape index (κ3) is 4.13. The number of para-hydroxylation sites is 1. The van der Waals surface area contributed by atoms with Gasteiger partial charge in [-0.1, -0.05) is 12.1 Å². The Balaban J connectivity index is 1.56. The normalized spacial score (nSPS) is 20.9. The van der Waals surface area contributed by atoms with E-state index in [4.69, 9.17) is 0 Å². The van der Waals surface area contributed by atoms with E-state index >= 15 is 0 Å². The highest BCUT2D eigenvalue weighted by Crippen LogP contribution is 2.37. The molecule has 0 saturated carbocycles. The second-order valence-electron chi connectivity index (χ2n) is 9.00. The van der Waals surface area contributed by atoms with Crippen LogP contribution in [-0.2, 0) is 24.8 Å². The fraction of sp³-hybridized carbons (Fsp3) is 0.409.